The largest absolute Gasteiger partial charge is 0.382 e. The van der Waals surface area contributed by atoms with Gasteiger partial charge in [-0.05, 0) is 30.3 Å². The molecule has 0 aliphatic carbocycles. The molecular formula is C12H8BrClFNO. The third-order valence-corrected chi connectivity index (χ3v) is 3.11. The van der Waals surface area contributed by atoms with E-state index in [0.29, 0.717) is 9.50 Å². The number of nitrogens with zero attached hydrogens (tertiary/aromatic N) is 1. The predicted octanol–water partition coefficient (Wildman–Crippen LogP) is 3.72. The number of rotatable bonds is 2. The second-order valence-electron chi connectivity index (χ2n) is 3.44. The lowest BCUT2D eigenvalue weighted by atomic mass is 10.1. The fourth-order valence-corrected chi connectivity index (χ4v) is 2.07. The van der Waals surface area contributed by atoms with Crippen molar-refractivity contribution >= 4 is 27.5 Å². The molecule has 2 aromatic rings. The summed E-state index contributed by atoms with van der Waals surface area (Å²) in [6.45, 7) is 0. The Morgan fingerprint density at radius 2 is 2.12 bits per heavy atom. The highest BCUT2D eigenvalue weighted by Gasteiger charge is 2.18. The van der Waals surface area contributed by atoms with Gasteiger partial charge in [0.1, 0.15) is 11.9 Å². The Balaban J connectivity index is 2.47. The summed E-state index contributed by atoms with van der Waals surface area (Å²) < 4.78 is 14.3. The van der Waals surface area contributed by atoms with E-state index >= 15 is 0 Å². The van der Waals surface area contributed by atoms with Crippen LogP contribution in [0.3, 0.4) is 0 Å². The number of hydrogen-bond donors (Lipinski definition) is 1. The van der Waals surface area contributed by atoms with Crippen molar-refractivity contribution in [2.75, 3.05) is 0 Å². The van der Waals surface area contributed by atoms with Gasteiger partial charge in [0.2, 0.25) is 0 Å². The molecular weight excluding hydrogens is 308 g/mol. The number of aliphatic hydroxyl groups excluding tert-OH is 1. The lowest BCUT2D eigenvalue weighted by Gasteiger charge is -2.13. The van der Waals surface area contributed by atoms with Crippen molar-refractivity contribution in [2.24, 2.45) is 0 Å². The first-order chi connectivity index (χ1) is 8.09. The van der Waals surface area contributed by atoms with Crippen LogP contribution in [0.25, 0.3) is 0 Å². The molecule has 0 saturated carbocycles. The monoisotopic (exact) mass is 315 g/mol. The Bertz CT molecular complexity index is 550. The van der Waals surface area contributed by atoms with Crippen molar-refractivity contribution in [2.45, 2.75) is 6.10 Å². The minimum atomic E-state index is -1.18. The van der Waals surface area contributed by atoms with E-state index in [9.17, 15) is 9.50 Å². The molecule has 5 heteroatoms. The van der Waals surface area contributed by atoms with E-state index in [4.69, 9.17) is 11.6 Å². The molecule has 88 valence electrons. The molecule has 0 aliphatic rings. The molecule has 1 aromatic carbocycles. The van der Waals surface area contributed by atoms with Gasteiger partial charge in [0, 0.05) is 16.2 Å². The van der Waals surface area contributed by atoms with Crippen LogP contribution >= 0.6 is 27.5 Å². The summed E-state index contributed by atoms with van der Waals surface area (Å²) >= 11 is 9.13. The second-order valence-corrected chi connectivity index (χ2v) is 4.76. The Morgan fingerprint density at radius 1 is 1.35 bits per heavy atom. The third kappa shape index (κ3) is 2.65. The molecule has 2 rings (SSSR count). The van der Waals surface area contributed by atoms with Crippen molar-refractivity contribution in [1.29, 1.82) is 0 Å². The Hall–Kier alpha value is -0.970. The second kappa shape index (κ2) is 5.12. The Labute approximate surface area is 111 Å². The van der Waals surface area contributed by atoms with Crippen LogP contribution in [0.5, 0.6) is 0 Å². The van der Waals surface area contributed by atoms with Crippen molar-refractivity contribution in [3.63, 3.8) is 0 Å². The maximum atomic E-state index is 13.6. The van der Waals surface area contributed by atoms with E-state index in [2.05, 4.69) is 20.9 Å². The summed E-state index contributed by atoms with van der Waals surface area (Å²) in [5, 5.41) is 10.4. The van der Waals surface area contributed by atoms with E-state index in [0.717, 1.165) is 0 Å². The number of benzene rings is 1. The molecule has 17 heavy (non-hydrogen) atoms. The molecule has 2 nitrogen and oxygen atoms in total. The van der Waals surface area contributed by atoms with Crippen LogP contribution in [0.15, 0.2) is 41.0 Å². The van der Waals surface area contributed by atoms with Crippen LogP contribution in [0.4, 0.5) is 4.39 Å². The zero-order valence-electron chi connectivity index (χ0n) is 8.57. The van der Waals surface area contributed by atoms with Gasteiger partial charge in [0.15, 0.2) is 0 Å². The van der Waals surface area contributed by atoms with Crippen molar-refractivity contribution in [1.82, 2.24) is 4.98 Å². The van der Waals surface area contributed by atoms with Gasteiger partial charge in [0.25, 0.3) is 0 Å². The molecule has 0 amide bonds. The first kappa shape index (κ1) is 12.5. The lowest BCUT2D eigenvalue weighted by molar-refractivity contribution is 0.210. The molecule has 0 aliphatic heterocycles. The number of halogens is 3. The smallest absolute Gasteiger partial charge is 0.129 e. The fraction of sp³-hybridized carbons (Fsp3) is 0.0833. The van der Waals surface area contributed by atoms with Crippen LogP contribution < -0.4 is 0 Å². The average Bonchev–Trinajstić information content (AvgIpc) is 2.32. The van der Waals surface area contributed by atoms with Crippen LogP contribution in [0.2, 0.25) is 5.02 Å². The van der Waals surface area contributed by atoms with Gasteiger partial charge in [-0.3, -0.25) is 4.98 Å². The standard InChI is InChI=1S/C12H8BrClFNO/c13-7-3-4-10(15)8(6-7)12(17)11-9(14)2-1-5-16-11/h1-6,12,17H. The molecule has 0 fully saturated rings. The van der Waals surface area contributed by atoms with Gasteiger partial charge in [-0.25, -0.2) is 4.39 Å². The van der Waals surface area contributed by atoms with Gasteiger partial charge in [-0.1, -0.05) is 27.5 Å². The molecule has 0 spiro atoms. The van der Waals surface area contributed by atoms with Crippen molar-refractivity contribution in [3.8, 4) is 0 Å². The summed E-state index contributed by atoms with van der Waals surface area (Å²) in [5.41, 5.74) is 0.381. The summed E-state index contributed by atoms with van der Waals surface area (Å²) in [7, 11) is 0. The molecule has 0 saturated heterocycles. The van der Waals surface area contributed by atoms with E-state index < -0.39 is 11.9 Å². The normalized spacial score (nSPS) is 12.5. The molecule has 0 bridgehead atoms. The molecule has 1 aromatic heterocycles. The Morgan fingerprint density at radius 3 is 2.82 bits per heavy atom. The highest BCUT2D eigenvalue weighted by atomic mass is 79.9. The van der Waals surface area contributed by atoms with E-state index in [1.807, 2.05) is 0 Å². The molecule has 1 heterocycles. The van der Waals surface area contributed by atoms with Crippen molar-refractivity contribution < 1.29 is 9.50 Å². The third-order valence-electron chi connectivity index (χ3n) is 2.30. The highest BCUT2D eigenvalue weighted by molar-refractivity contribution is 9.10. The van der Waals surface area contributed by atoms with Gasteiger partial charge in [-0.15, -0.1) is 0 Å². The fourth-order valence-electron chi connectivity index (χ4n) is 1.47. The minimum absolute atomic E-state index is 0.139. The lowest BCUT2D eigenvalue weighted by Crippen LogP contribution is -2.05. The van der Waals surface area contributed by atoms with Gasteiger partial charge in [0.05, 0.1) is 10.7 Å². The number of aliphatic hydroxyl groups is 1. The molecule has 0 radical (unpaired) electrons. The Kier molecular flexibility index (Phi) is 3.76. The molecule has 1 atom stereocenters. The summed E-state index contributed by atoms with van der Waals surface area (Å²) in [6, 6.07) is 7.59. The van der Waals surface area contributed by atoms with Gasteiger partial charge < -0.3 is 5.11 Å². The first-order valence-corrected chi connectivity index (χ1v) is 6.00. The quantitative estimate of drug-likeness (QED) is 0.916. The topological polar surface area (TPSA) is 33.1 Å². The number of pyridine rings is 1. The maximum Gasteiger partial charge on any atom is 0.129 e. The van der Waals surface area contributed by atoms with Crippen LogP contribution in [-0.4, -0.2) is 10.1 Å². The zero-order valence-corrected chi connectivity index (χ0v) is 10.9. The van der Waals surface area contributed by atoms with Crippen LogP contribution in [0, 0.1) is 5.82 Å². The van der Waals surface area contributed by atoms with E-state index in [-0.39, 0.29) is 11.3 Å². The summed E-state index contributed by atoms with van der Waals surface area (Å²) in [4.78, 5) is 3.96. The van der Waals surface area contributed by atoms with Crippen LogP contribution in [0.1, 0.15) is 17.4 Å². The number of aromatic nitrogens is 1. The SMILES string of the molecule is OC(c1cc(Br)ccc1F)c1ncccc1Cl. The number of hydrogen-bond acceptors (Lipinski definition) is 2. The van der Waals surface area contributed by atoms with Gasteiger partial charge >= 0.3 is 0 Å². The van der Waals surface area contributed by atoms with Crippen molar-refractivity contribution in [3.05, 3.63) is 63.1 Å². The summed E-state index contributed by atoms with van der Waals surface area (Å²) in [6.07, 6.45) is 0.321. The first-order valence-electron chi connectivity index (χ1n) is 4.83. The van der Waals surface area contributed by atoms with Gasteiger partial charge in [-0.2, -0.15) is 0 Å². The van der Waals surface area contributed by atoms with E-state index in [1.165, 1.54) is 18.3 Å². The van der Waals surface area contributed by atoms with Crippen LogP contribution in [-0.2, 0) is 0 Å². The minimum Gasteiger partial charge on any atom is -0.382 e. The highest BCUT2D eigenvalue weighted by Crippen LogP contribution is 2.29. The molecule has 1 unspecified atom stereocenters. The molecule has 1 N–H and O–H groups in total. The van der Waals surface area contributed by atoms with E-state index in [1.54, 1.807) is 18.2 Å². The predicted molar refractivity (Wildman–Crippen MR) is 67.4 cm³/mol. The summed E-state index contributed by atoms with van der Waals surface area (Å²) in [5.74, 6) is -0.498. The maximum absolute atomic E-state index is 13.6. The average molecular weight is 317 g/mol. The zero-order chi connectivity index (χ0) is 12.4.